The number of Topliss-reactive ketones (excluding diaryl/α,β-unsaturated/α-hetero) is 1. The Balaban J connectivity index is -0.00000290. The van der Waals surface area contributed by atoms with Crippen molar-refractivity contribution in [3.63, 3.8) is 0 Å². The molecule has 384 valence electrons. The molecule has 10 nitrogen and oxygen atoms in total. The smallest absolute Gasteiger partial charge is 0.469 e. The molecule has 0 radical (unpaired) electrons. The number of thioether (sulfide) groups is 1. The summed E-state index contributed by atoms with van der Waals surface area (Å²) in [4.78, 5) is 60.3. The summed E-state index contributed by atoms with van der Waals surface area (Å²) >= 11 is 0.949. The molecule has 0 aliphatic rings. The Bertz CT molecular complexity index is 1560. The Kier molecular flexibility index (Phi) is 25.2. The number of carbonyl (C=O) groups is 5. The molecule has 0 saturated heterocycles. The number of ketones is 1. The molecule has 0 aromatic rings. The Hall–Kier alpha value is -3.63. The molecule has 0 aromatic heterocycles. The molecule has 0 rings (SSSR count). The Morgan fingerprint density at radius 3 is 1.33 bits per heavy atom. The van der Waals surface area contributed by atoms with Gasteiger partial charge in [0.1, 0.15) is 5.94 Å². The Morgan fingerprint density at radius 1 is 0.547 bits per heavy atom. The number of hydrogen-bond acceptors (Lipinski definition) is 11. The SMILES string of the molecule is C.C.C.C.CCC(C)(CC(C)(C)C(=O)OCC(=O)COC(=O)OCSCC(C)C(=O)OC)C(=O)OCC(F)(F)C(F)(F)C(F)(F)C(F)(F)C(F)(F)C(F)(F)C(F)(F)C(F)(F)C(F)(F)F. The lowest BCUT2D eigenvalue weighted by molar-refractivity contribution is -0.469. The van der Waals surface area contributed by atoms with E-state index in [4.69, 9.17) is 4.74 Å². The molecule has 0 aliphatic heterocycles. The molecule has 0 heterocycles. The molecule has 64 heavy (non-hydrogen) atoms. The van der Waals surface area contributed by atoms with Gasteiger partial charge in [-0.1, -0.05) is 43.6 Å². The second-order valence-corrected chi connectivity index (χ2v) is 14.5. The minimum atomic E-state index is -9.12. The highest BCUT2D eigenvalue weighted by atomic mass is 32.2. The molecule has 0 fully saturated rings. The minimum absolute atomic E-state index is 0. The van der Waals surface area contributed by atoms with E-state index < -0.39 is 133 Å². The summed E-state index contributed by atoms with van der Waals surface area (Å²) in [5, 5.41) is 0. The van der Waals surface area contributed by atoms with Gasteiger partial charge in [0.05, 0.1) is 23.9 Å². The number of rotatable bonds is 23. The molecular weight excluding hydrogens is 961 g/mol. The van der Waals surface area contributed by atoms with Gasteiger partial charge in [-0.25, -0.2) is 4.79 Å². The van der Waals surface area contributed by atoms with Crippen LogP contribution in [-0.2, 0) is 42.9 Å². The number of esters is 3. The first-order valence-electron chi connectivity index (χ1n) is 15.9. The van der Waals surface area contributed by atoms with Gasteiger partial charge in [-0.15, -0.1) is 11.8 Å². The number of ether oxygens (including phenoxy) is 5. The van der Waals surface area contributed by atoms with E-state index >= 15 is 0 Å². The molecule has 0 N–H and O–H groups in total. The van der Waals surface area contributed by atoms with Crippen LogP contribution in [0.1, 0.15) is 77.2 Å². The van der Waals surface area contributed by atoms with Crippen LogP contribution in [-0.4, -0.2) is 122 Å². The van der Waals surface area contributed by atoms with E-state index in [0.717, 1.165) is 39.6 Å². The lowest BCUT2D eigenvalue weighted by atomic mass is 9.72. The van der Waals surface area contributed by atoms with Crippen LogP contribution in [0.15, 0.2) is 0 Å². The zero-order chi connectivity index (χ0) is 48.2. The molecule has 0 spiro atoms. The summed E-state index contributed by atoms with van der Waals surface area (Å²) in [7, 11) is 1.14. The van der Waals surface area contributed by atoms with Gasteiger partial charge in [-0.2, -0.15) is 83.4 Å². The molecule has 0 aliphatic carbocycles. The highest BCUT2D eigenvalue weighted by Gasteiger charge is 2.96. The van der Waals surface area contributed by atoms with Crippen molar-refractivity contribution in [1.82, 2.24) is 0 Å². The fourth-order valence-electron chi connectivity index (χ4n) is 4.35. The summed E-state index contributed by atoms with van der Waals surface area (Å²) in [5.41, 5.74) is -4.43. The van der Waals surface area contributed by atoms with E-state index in [0.29, 0.717) is 6.92 Å². The average molecular weight is 1010 g/mol. The van der Waals surface area contributed by atoms with Crippen molar-refractivity contribution in [1.29, 1.82) is 0 Å². The third kappa shape index (κ3) is 13.7. The van der Waals surface area contributed by atoms with E-state index in [9.17, 15) is 107 Å². The lowest BCUT2D eigenvalue weighted by Gasteiger charge is -2.43. The van der Waals surface area contributed by atoms with Crippen LogP contribution in [0.2, 0.25) is 0 Å². The van der Waals surface area contributed by atoms with Crippen molar-refractivity contribution in [3.8, 4) is 0 Å². The van der Waals surface area contributed by atoms with Crippen molar-refractivity contribution >= 4 is 41.6 Å². The van der Waals surface area contributed by atoms with Gasteiger partial charge >= 0.3 is 77.6 Å². The Morgan fingerprint density at radius 2 is 0.938 bits per heavy atom. The molecule has 0 bridgehead atoms. The maximum absolute atomic E-state index is 14.4. The van der Waals surface area contributed by atoms with E-state index in [1.807, 2.05) is 0 Å². The highest BCUT2D eigenvalue weighted by molar-refractivity contribution is 7.99. The van der Waals surface area contributed by atoms with Gasteiger partial charge in [0.15, 0.2) is 19.8 Å². The van der Waals surface area contributed by atoms with E-state index in [2.05, 4.69) is 18.9 Å². The van der Waals surface area contributed by atoms with Crippen molar-refractivity contribution < 1.29 is 131 Å². The third-order valence-corrected chi connectivity index (χ3v) is 9.19. The molecule has 2 unspecified atom stereocenters. The topological polar surface area (TPSA) is 132 Å². The standard InChI is InChI=1S/C30H33F19O10S.4CH4/c1-7-21(5,11-20(3,4)17(52)56-8-15(50)9-57-19(54)59-13-60-10-14(2)16(51)55-6)18(53)58-12-22(31,32)23(33,34)24(35,36)25(37,38)26(39,40)27(41,42)28(43,44)29(45,46)30(47,48)49;;;;/h14H,7-13H2,1-6H3;4*1H4. The van der Waals surface area contributed by atoms with Crippen LogP contribution >= 0.6 is 11.8 Å². The average Bonchev–Trinajstić information content (AvgIpc) is 3.11. The highest BCUT2D eigenvalue weighted by Crippen LogP contribution is 2.65. The third-order valence-electron chi connectivity index (χ3n) is 8.17. The predicted octanol–water partition coefficient (Wildman–Crippen LogP) is 11.3. The van der Waals surface area contributed by atoms with Crippen molar-refractivity contribution in [2.45, 2.75) is 131 Å². The van der Waals surface area contributed by atoms with Gasteiger partial charge in [-0.05, 0) is 33.6 Å². The largest absolute Gasteiger partial charge is 0.509 e. The predicted molar refractivity (Wildman–Crippen MR) is 187 cm³/mol. The first-order chi connectivity index (χ1) is 26.5. The summed E-state index contributed by atoms with van der Waals surface area (Å²) < 4.78 is 281. The fraction of sp³-hybridized carbons (Fsp3) is 0.853. The van der Waals surface area contributed by atoms with Crippen molar-refractivity contribution in [2.24, 2.45) is 16.7 Å². The second kappa shape index (κ2) is 23.2. The van der Waals surface area contributed by atoms with Gasteiger partial charge in [0.25, 0.3) is 0 Å². The van der Waals surface area contributed by atoms with Gasteiger partial charge < -0.3 is 23.7 Å². The zero-order valence-corrected chi connectivity index (χ0v) is 32.0. The number of alkyl halides is 19. The quantitative estimate of drug-likeness (QED) is 0.0319. The summed E-state index contributed by atoms with van der Waals surface area (Å²) in [5.74, 6) is -74.6. The number of carbonyl (C=O) groups excluding carboxylic acids is 5. The zero-order valence-electron chi connectivity index (χ0n) is 31.2. The monoisotopic (exact) mass is 1010 g/mol. The molecule has 0 saturated carbocycles. The van der Waals surface area contributed by atoms with Crippen molar-refractivity contribution in [3.05, 3.63) is 0 Å². The summed E-state index contributed by atoms with van der Waals surface area (Å²) in [6.45, 7) is -0.680. The Labute approximate surface area is 358 Å². The van der Waals surface area contributed by atoms with Crippen LogP contribution in [0, 0.1) is 16.7 Å². The number of methoxy groups -OCH3 is 1. The number of halogens is 19. The van der Waals surface area contributed by atoms with E-state index in [1.165, 1.54) is 6.92 Å². The van der Waals surface area contributed by atoms with Gasteiger partial charge in [0, 0.05) is 5.75 Å². The van der Waals surface area contributed by atoms with E-state index in [1.54, 1.807) is 0 Å². The molecule has 0 aromatic carbocycles. The van der Waals surface area contributed by atoms with Crippen LogP contribution in [0.25, 0.3) is 0 Å². The van der Waals surface area contributed by atoms with Crippen LogP contribution < -0.4 is 0 Å². The molecule has 2 atom stereocenters. The number of hydrogen-bond donors (Lipinski definition) is 0. The first kappa shape index (κ1) is 69.4. The van der Waals surface area contributed by atoms with Crippen LogP contribution in [0.5, 0.6) is 0 Å². The molecule has 0 amide bonds. The van der Waals surface area contributed by atoms with Crippen LogP contribution in [0.3, 0.4) is 0 Å². The maximum atomic E-state index is 14.4. The molecule has 30 heteroatoms. The fourth-order valence-corrected chi connectivity index (χ4v) is 5.12. The maximum Gasteiger partial charge on any atom is 0.509 e. The normalized spacial score (nSPS) is 14.7. The van der Waals surface area contributed by atoms with Crippen molar-refractivity contribution in [2.75, 3.05) is 38.6 Å². The first-order valence-corrected chi connectivity index (χ1v) is 17.0. The second-order valence-electron chi connectivity index (χ2n) is 13.5. The van der Waals surface area contributed by atoms with Gasteiger partial charge in [-0.3, -0.25) is 19.2 Å². The summed E-state index contributed by atoms with van der Waals surface area (Å²) in [6, 6.07) is 0. The lowest BCUT2D eigenvalue weighted by Crippen LogP contribution is -2.76. The van der Waals surface area contributed by atoms with Gasteiger partial charge in [0.2, 0.25) is 5.78 Å². The minimum Gasteiger partial charge on any atom is -0.469 e. The molecular formula is C34H49F19O10S. The summed E-state index contributed by atoms with van der Waals surface area (Å²) in [6.07, 6.45) is -11.0. The van der Waals surface area contributed by atoms with E-state index in [-0.39, 0.29) is 41.4 Å². The van der Waals surface area contributed by atoms with Crippen LogP contribution in [0.4, 0.5) is 88.2 Å².